The summed E-state index contributed by atoms with van der Waals surface area (Å²) >= 11 is -0.181. The molecule has 0 amide bonds. The van der Waals surface area contributed by atoms with Gasteiger partial charge in [-0.15, -0.1) is 6.58 Å². The SMILES string of the molecule is C=CCCCC[Si](C)(C1CCC2C=CC=CC21)N1CCCN2CCCN=C21.[CH3-].[Cl][Cr][Cl]. The third-order valence-corrected chi connectivity index (χ3v) is 12.8. The standard InChI is InChI=1S/C23H37N3Si.CH3.2ClH.Cr/c1-3-4-5-8-19-27(2,22-14-13-20-11-6-7-12-21(20)22)26-18-10-17-25-16-9-15-24-23(25)26;;;;/h3,6-7,11-12,20-22H,1,4-5,8-10,13-19H2,2H3;1H3;2*1H;/q;-1;;;+2/p-2. The molecule has 2 aliphatic heterocycles. The van der Waals surface area contributed by atoms with E-state index in [4.69, 9.17) is 25.1 Å². The molecule has 1 saturated heterocycles. The third kappa shape index (κ3) is 6.45. The van der Waals surface area contributed by atoms with Gasteiger partial charge < -0.3 is 16.9 Å². The Morgan fingerprint density at radius 3 is 2.68 bits per heavy atom. The Morgan fingerprint density at radius 1 is 1.16 bits per heavy atom. The zero-order valence-corrected chi connectivity index (χ0v) is 23.1. The number of hydrogen-bond acceptors (Lipinski definition) is 3. The fourth-order valence-electron chi connectivity index (χ4n) is 6.09. The van der Waals surface area contributed by atoms with Crippen LogP contribution >= 0.6 is 20.1 Å². The van der Waals surface area contributed by atoms with Crippen molar-refractivity contribution in [3.05, 3.63) is 44.4 Å². The molecule has 2 fully saturated rings. The van der Waals surface area contributed by atoms with E-state index in [0.717, 1.165) is 30.3 Å². The molecule has 0 radical (unpaired) electrons. The molecule has 7 heteroatoms. The number of nitrogens with zero attached hydrogens (tertiary/aromatic N) is 3. The number of unbranched alkanes of at least 4 members (excludes halogenated alkanes) is 2. The monoisotopic (exact) mass is 520 g/mol. The Morgan fingerprint density at radius 2 is 1.90 bits per heavy atom. The van der Waals surface area contributed by atoms with Crippen LogP contribution in [0.4, 0.5) is 0 Å². The molecular formula is C24H40Cl2CrN3Si-. The van der Waals surface area contributed by atoms with E-state index in [2.05, 4.69) is 53.0 Å². The van der Waals surface area contributed by atoms with Crippen molar-refractivity contribution in [3.8, 4) is 0 Å². The van der Waals surface area contributed by atoms with Crippen LogP contribution in [0.25, 0.3) is 0 Å². The van der Waals surface area contributed by atoms with Crippen molar-refractivity contribution in [2.75, 3.05) is 26.2 Å². The Bertz CT molecular complexity index is 657. The minimum atomic E-state index is -1.64. The van der Waals surface area contributed by atoms with E-state index in [1.165, 1.54) is 70.2 Å². The first-order valence-corrected chi connectivity index (χ1v) is 17.8. The second-order valence-corrected chi connectivity index (χ2v) is 15.8. The molecule has 1 saturated carbocycles. The molecule has 4 rings (SSSR count). The van der Waals surface area contributed by atoms with Gasteiger partial charge >= 0.3 is 33.5 Å². The van der Waals surface area contributed by atoms with E-state index in [1.54, 1.807) is 0 Å². The summed E-state index contributed by atoms with van der Waals surface area (Å²) in [5.74, 6) is 2.93. The molecule has 4 aliphatic rings. The van der Waals surface area contributed by atoms with Gasteiger partial charge in [-0.05, 0) is 49.1 Å². The number of allylic oxidation sites excluding steroid dienone is 5. The van der Waals surface area contributed by atoms with Gasteiger partial charge in [0.05, 0.1) is 0 Å². The predicted octanol–water partition coefficient (Wildman–Crippen LogP) is 7.03. The first-order chi connectivity index (χ1) is 14.7. The van der Waals surface area contributed by atoms with Gasteiger partial charge in [0.15, 0.2) is 14.2 Å². The van der Waals surface area contributed by atoms with Crippen LogP contribution in [0.2, 0.25) is 18.1 Å². The van der Waals surface area contributed by atoms with Gasteiger partial charge in [0, 0.05) is 26.2 Å². The molecule has 4 unspecified atom stereocenters. The molecule has 0 spiro atoms. The van der Waals surface area contributed by atoms with Crippen LogP contribution in [0, 0.1) is 19.3 Å². The van der Waals surface area contributed by atoms with Crippen molar-refractivity contribution in [1.29, 1.82) is 0 Å². The number of fused-ring (bicyclic) bond motifs is 2. The van der Waals surface area contributed by atoms with Crippen LogP contribution in [0.3, 0.4) is 0 Å². The number of guanidine groups is 1. The van der Waals surface area contributed by atoms with Crippen molar-refractivity contribution >= 4 is 34.3 Å². The summed E-state index contributed by atoms with van der Waals surface area (Å²) in [6.45, 7) is 11.3. The Labute approximate surface area is 206 Å². The Hall–Kier alpha value is -0.181. The Balaban J connectivity index is 0.000000808. The minimum absolute atomic E-state index is 0. The molecule has 0 aromatic rings. The van der Waals surface area contributed by atoms with Gasteiger partial charge in [-0.1, -0.05) is 56.2 Å². The zero-order valence-electron chi connectivity index (χ0n) is 19.3. The van der Waals surface area contributed by atoms with Gasteiger partial charge in [0.1, 0.15) is 0 Å². The van der Waals surface area contributed by atoms with Crippen LogP contribution in [-0.4, -0.2) is 49.8 Å². The van der Waals surface area contributed by atoms with E-state index >= 15 is 0 Å². The number of rotatable bonds is 7. The van der Waals surface area contributed by atoms with Crippen molar-refractivity contribution in [3.63, 3.8) is 0 Å². The summed E-state index contributed by atoms with van der Waals surface area (Å²) in [6, 6.07) is 1.42. The summed E-state index contributed by atoms with van der Waals surface area (Å²) in [7, 11) is 8.01. The average molecular weight is 522 g/mol. The molecule has 0 bridgehead atoms. The molecule has 0 aromatic heterocycles. The maximum atomic E-state index is 5.07. The Kier molecular flexibility index (Phi) is 11.8. The summed E-state index contributed by atoms with van der Waals surface area (Å²) in [5, 5.41) is 0. The maximum absolute atomic E-state index is 5.07. The van der Waals surface area contributed by atoms with Gasteiger partial charge in [0.2, 0.25) is 0 Å². The van der Waals surface area contributed by atoms with Gasteiger partial charge in [0.25, 0.3) is 0 Å². The molecule has 3 nitrogen and oxygen atoms in total. The van der Waals surface area contributed by atoms with E-state index in [-0.39, 0.29) is 20.8 Å². The first-order valence-electron chi connectivity index (χ1n) is 11.6. The van der Waals surface area contributed by atoms with Crippen LogP contribution in [0.15, 0.2) is 42.0 Å². The van der Waals surface area contributed by atoms with Gasteiger partial charge in [-0.25, -0.2) is 0 Å². The summed E-state index contributed by atoms with van der Waals surface area (Å²) in [4.78, 5) is 7.68. The van der Waals surface area contributed by atoms with E-state index in [1.807, 2.05) is 0 Å². The fraction of sp³-hybridized carbons (Fsp3) is 0.667. The number of aliphatic imine (C=N–C) groups is 1. The van der Waals surface area contributed by atoms with Crippen molar-refractivity contribution in [2.45, 2.75) is 63.1 Å². The van der Waals surface area contributed by atoms with Crippen LogP contribution < -0.4 is 0 Å². The molecule has 2 aliphatic carbocycles. The first kappa shape index (κ1) is 27.1. The molecule has 176 valence electrons. The average Bonchev–Trinajstić information content (AvgIpc) is 3.22. The van der Waals surface area contributed by atoms with Crippen molar-refractivity contribution in [2.24, 2.45) is 16.8 Å². The topological polar surface area (TPSA) is 18.8 Å². The van der Waals surface area contributed by atoms with Crippen LogP contribution in [-0.2, 0) is 13.4 Å². The summed E-state index contributed by atoms with van der Waals surface area (Å²) in [6.07, 6.45) is 20.9. The predicted molar refractivity (Wildman–Crippen MR) is 137 cm³/mol. The quantitative estimate of drug-likeness (QED) is 0.155. The van der Waals surface area contributed by atoms with Crippen LogP contribution in [0.1, 0.15) is 44.9 Å². The molecule has 0 aromatic carbocycles. The summed E-state index contributed by atoms with van der Waals surface area (Å²) in [5.41, 5.74) is 0.872. The summed E-state index contributed by atoms with van der Waals surface area (Å²) < 4.78 is 2.89. The number of hydrogen-bond donors (Lipinski definition) is 0. The van der Waals surface area contributed by atoms with Crippen molar-refractivity contribution < 1.29 is 13.4 Å². The zero-order chi connectivity index (χ0) is 21.4. The van der Waals surface area contributed by atoms with E-state index < -0.39 is 8.24 Å². The third-order valence-electron chi connectivity index (χ3n) is 7.50. The molecular weight excluding hydrogens is 481 g/mol. The van der Waals surface area contributed by atoms with Gasteiger partial charge in [-0.2, -0.15) is 0 Å². The van der Waals surface area contributed by atoms with E-state index in [0.29, 0.717) is 0 Å². The van der Waals surface area contributed by atoms with Crippen LogP contribution in [0.5, 0.6) is 0 Å². The van der Waals surface area contributed by atoms with E-state index in [9.17, 15) is 0 Å². The molecule has 2 heterocycles. The molecule has 31 heavy (non-hydrogen) atoms. The fourth-order valence-corrected chi connectivity index (χ4v) is 11.4. The second kappa shape index (κ2) is 13.5. The van der Waals surface area contributed by atoms with Gasteiger partial charge in [-0.3, -0.25) is 4.99 Å². The normalized spacial score (nSPS) is 28.4. The van der Waals surface area contributed by atoms with Crippen molar-refractivity contribution in [1.82, 2.24) is 9.47 Å². The number of halogens is 2. The molecule has 4 atom stereocenters. The molecule has 0 N–H and O–H groups in total. The second-order valence-electron chi connectivity index (χ2n) is 9.17.